The summed E-state index contributed by atoms with van der Waals surface area (Å²) in [7, 11) is 0. The van der Waals surface area contributed by atoms with E-state index < -0.39 is 0 Å². The van der Waals surface area contributed by atoms with Crippen molar-refractivity contribution in [3.8, 4) is 0 Å². The summed E-state index contributed by atoms with van der Waals surface area (Å²) in [6.07, 6.45) is 9.93. The lowest BCUT2D eigenvalue weighted by Crippen LogP contribution is -2.49. The monoisotopic (exact) mass is 298 g/mol. The lowest BCUT2D eigenvalue weighted by molar-refractivity contribution is -0.130. The quantitative estimate of drug-likeness (QED) is 0.817. The number of hydrogen-bond donors (Lipinski definition) is 1. The number of carbonyl (C=O) groups is 1. The van der Waals surface area contributed by atoms with Crippen LogP contribution >= 0.6 is 11.8 Å². The van der Waals surface area contributed by atoms with Crippen molar-refractivity contribution in [1.82, 2.24) is 10.2 Å². The van der Waals surface area contributed by atoms with E-state index in [1.54, 1.807) is 0 Å². The molecule has 0 aromatic rings. The van der Waals surface area contributed by atoms with E-state index in [2.05, 4.69) is 30.3 Å². The van der Waals surface area contributed by atoms with Crippen LogP contribution in [0.5, 0.6) is 0 Å². The van der Waals surface area contributed by atoms with Gasteiger partial charge in [0.2, 0.25) is 5.91 Å². The third-order valence-corrected chi connectivity index (χ3v) is 7.01. The maximum absolute atomic E-state index is 12.6. The van der Waals surface area contributed by atoms with Gasteiger partial charge < -0.3 is 4.90 Å². The molecule has 2 rings (SSSR count). The Bertz CT molecular complexity index is 329. The summed E-state index contributed by atoms with van der Waals surface area (Å²) in [6, 6.07) is -0.00568. The molecular formula is C16H30N2OS. The van der Waals surface area contributed by atoms with Gasteiger partial charge in [-0.15, -0.1) is 0 Å². The second-order valence-electron chi connectivity index (χ2n) is 6.44. The highest BCUT2D eigenvalue weighted by atomic mass is 32.2. The minimum absolute atomic E-state index is 0.00568. The summed E-state index contributed by atoms with van der Waals surface area (Å²) in [5, 5.41) is 3.56. The Labute approximate surface area is 128 Å². The summed E-state index contributed by atoms with van der Waals surface area (Å²) in [4.78, 5) is 14.7. The van der Waals surface area contributed by atoms with Gasteiger partial charge in [-0.2, -0.15) is 11.8 Å². The molecule has 3 nitrogen and oxygen atoms in total. The van der Waals surface area contributed by atoms with Crippen LogP contribution in [0.15, 0.2) is 0 Å². The Balaban J connectivity index is 2.14. The summed E-state index contributed by atoms with van der Waals surface area (Å²) in [6.45, 7) is 7.42. The van der Waals surface area contributed by atoms with Gasteiger partial charge in [-0.1, -0.05) is 26.7 Å². The number of hydrogen-bond acceptors (Lipinski definition) is 3. The second-order valence-corrected chi connectivity index (χ2v) is 7.71. The molecule has 1 saturated heterocycles. The zero-order valence-corrected chi connectivity index (χ0v) is 14.3. The highest BCUT2D eigenvalue weighted by molar-refractivity contribution is 8.00. The van der Waals surface area contributed by atoms with E-state index in [1.165, 1.54) is 25.7 Å². The lowest BCUT2D eigenvalue weighted by atomic mass is 9.99. The van der Waals surface area contributed by atoms with Crippen LogP contribution in [0, 0.1) is 5.92 Å². The largest absolute Gasteiger partial charge is 0.324 e. The van der Waals surface area contributed by atoms with Crippen LogP contribution in [0.1, 0.15) is 59.3 Å². The Hall–Kier alpha value is -0.220. The molecule has 1 aliphatic carbocycles. The number of amides is 1. The van der Waals surface area contributed by atoms with Crippen molar-refractivity contribution in [1.29, 1.82) is 0 Å². The highest BCUT2D eigenvalue weighted by Crippen LogP contribution is 2.36. The minimum atomic E-state index is -0.00568. The summed E-state index contributed by atoms with van der Waals surface area (Å²) >= 11 is 1.93. The van der Waals surface area contributed by atoms with Crippen LogP contribution in [0.25, 0.3) is 0 Å². The van der Waals surface area contributed by atoms with Crippen molar-refractivity contribution in [3.05, 3.63) is 0 Å². The fraction of sp³-hybridized carbons (Fsp3) is 0.938. The van der Waals surface area contributed by atoms with Gasteiger partial charge in [0.05, 0.1) is 12.2 Å². The fourth-order valence-electron chi connectivity index (χ4n) is 3.78. The first-order chi connectivity index (χ1) is 9.56. The normalized spacial score (nSPS) is 28.6. The Kier molecular flexibility index (Phi) is 5.41. The number of nitrogens with zero attached hydrogens (tertiary/aromatic N) is 1. The molecule has 1 aliphatic heterocycles. The average Bonchev–Trinajstić information content (AvgIpc) is 3.08. The van der Waals surface area contributed by atoms with Crippen LogP contribution in [0.4, 0.5) is 0 Å². The lowest BCUT2D eigenvalue weighted by Gasteiger charge is -2.38. The molecule has 2 atom stereocenters. The van der Waals surface area contributed by atoms with Crippen molar-refractivity contribution in [3.63, 3.8) is 0 Å². The van der Waals surface area contributed by atoms with E-state index in [4.69, 9.17) is 0 Å². The van der Waals surface area contributed by atoms with Crippen molar-refractivity contribution in [2.45, 2.75) is 76.3 Å². The third kappa shape index (κ3) is 3.01. The predicted octanol–water partition coefficient (Wildman–Crippen LogP) is 3.24. The van der Waals surface area contributed by atoms with Crippen LogP contribution < -0.4 is 5.32 Å². The van der Waals surface area contributed by atoms with E-state index in [1.807, 2.05) is 18.7 Å². The smallest absolute Gasteiger partial charge is 0.240 e. The summed E-state index contributed by atoms with van der Waals surface area (Å²) < 4.78 is 0.220. The van der Waals surface area contributed by atoms with Gasteiger partial charge in [0.25, 0.3) is 0 Å². The van der Waals surface area contributed by atoms with E-state index in [0.717, 1.165) is 19.4 Å². The average molecular weight is 298 g/mol. The van der Waals surface area contributed by atoms with Gasteiger partial charge in [-0.25, -0.2) is 0 Å². The molecule has 0 aromatic carbocycles. The standard InChI is InChI=1S/C16H30N2OS/c1-5-16(6-2,20-4)11-18-14(13-9-7-8-10-13)17-12(3)15(18)19/h12-14,17H,5-11H2,1-4H3. The molecule has 2 aliphatic rings. The number of nitrogens with one attached hydrogen (secondary N) is 1. The second kappa shape index (κ2) is 6.69. The van der Waals surface area contributed by atoms with Crippen LogP contribution in [0.3, 0.4) is 0 Å². The molecule has 1 amide bonds. The van der Waals surface area contributed by atoms with Gasteiger partial charge in [0, 0.05) is 11.3 Å². The maximum Gasteiger partial charge on any atom is 0.240 e. The van der Waals surface area contributed by atoms with Crippen molar-refractivity contribution < 1.29 is 4.79 Å². The van der Waals surface area contributed by atoms with Gasteiger partial charge in [0.15, 0.2) is 0 Å². The fourth-order valence-corrected chi connectivity index (χ4v) is 4.63. The zero-order valence-electron chi connectivity index (χ0n) is 13.4. The molecule has 0 radical (unpaired) electrons. The third-order valence-electron chi connectivity index (χ3n) is 5.44. The number of carbonyl (C=O) groups excluding carboxylic acids is 1. The van der Waals surface area contributed by atoms with E-state index in [-0.39, 0.29) is 17.0 Å². The van der Waals surface area contributed by atoms with Crippen LogP contribution in [0.2, 0.25) is 0 Å². The molecule has 4 heteroatoms. The van der Waals surface area contributed by atoms with Gasteiger partial charge >= 0.3 is 0 Å². The first-order valence-electron chi connectivity index (χ1n) is 8.18. The molecule has 1 N–H and O–H groups in total. The van der Waals surface area contributed by atoms with Crippen LogP contribution in [-0.4, -0.2) is 40.6 Å². The van der Waals surface area contributed by atoms with Gasteiger partial charge in [-0.05, 0) is 44.8 Å². The van der Waals surface area contributed by atoms with Crippen molar-refractivity contribution in [2.24, 2.45) is 5.92 Å². The Morgan fingerprint density at radius 3 is 2.40 bits per heavy atom. The highest BCUT2D eigenvalue weighted by Gasteiger charge is 2.44. The zero-order chi connectivity index (χ0) is 14.8. The molecule has 20 heavy (non-hydrogen) atoms. The maximum atomic E-state index is 12.6. The topological polar surface area (TPSA) is 32.3 Å². The van der Waals surface area contributed by atoms with Crippen LogP contribution in [-0.2, 0) is 4.79 Å². The molecule has 0 aromatic heterocycles. The molecular weight excluding hydrogens is 268 g/mol. The summed E-state index contributed by atoms with van der Waals surface area (Å²) in [5.74, 6) is 0.972. The molecule has 116 valence electrons. The molecule has 2 fully saturated rings. The van der Waals surface area contributed by atoms with Crippen molar-refractivity contribution in [2.75, 3.05) is 12.8 Å². The van der Waals surface area contributed by atoms with E-state index in [9.17, 15) is 4.79 Å². The van der Waals surface area contributed by atoms with Gasteiger partial charge in [0.1, 0.15) is 0 Å². The molecule has 2 unspecified atom stereocenters. The Morgan fingerprint density at radius 2 is 1.90 bits per heavy atom. The number of rotatable bonds is 6. The summed E-state index contributed by atoms with van der Waals surface area (Å²) in [5.41, 5.74) is 0. The predicted molar refractivity (Wildman–Crippen MR) is 86.9 cm³/mol. The molecule has 1 saturated carbocycles. The first-order valence-corrected chi connectivity index (χ1v) is 9.41. The van der Waals surface area contributed by atoms with Gasteiger partial charge in [-0.3, -0.25) is 10.1 Å². The SMILES string of the molecule is CCC(CC)(CN1C(=O)C(C)NC1C1CCCC1)SC. The van der Waals surface area contributed by atoms with E-state index >= 15 is 0 Å². The number of thioether (sulfide) groups is 1. The first kappa shape index (κ1) is 16.2. The minimum Gasteiger partial charge on any atom is -0.324 e. The molecule has 1 heterocycles. The van der Waals surface area contributed by atoms with Crippen molar-refractivity contribution >= 4 is 17.7 Å². The van der Waals surface area contributed by atoms with E-state index in [0.29, 0.717) is 11.8 Å². The Morgan fingerprint density at radius 1 is 1.30 bits per heavy atom. The molecule has 0 spiro atoms. The molecule has 0 bridgehead atoms.